The summed E-state index contributed by atoms with van der Waals surface area (Å²) in [4.78, 5) is 12.1. The van der Waals surface area contributed by atoms with Gasteiger partial charge in [0, 0.05) is 5.56 Å². The van der Waals surface area contributed by atoms with Crippen LogP contribution in [0.5, 0.6) is 5.75 Å². The number of aromatic nitrogens is 2. The lowest BCUT2D eigenvalue weighted by atomic mass is 10.2. The van der Waals surface area contributed by atoms with Crippen LogP contribution in [-0.4, -0.2) is 31.3 Å². The molecule has 10 heteroatoms. The first kappa shape index (κ1) is 20.8. The number of benzene rings is 2. The molecule has 0 bridgehead atoms. The molecule has 0 aliphatic heterocycles. The van der Waals surface area contributed by atoms with E-state index in [0.717, 1.165) is 11.8 Å². The van der Waals surface area contributed by atoms with Gasteiger partial charge in [-0.2, -0.15) is 5.10 Å². The molecule has 0 aliphatic carbocycles. The summed E-state index contributed by atoms with van der Waals surface area (Å²) in [7, 11) is -2.77. The van der Waals surface area contributed by atoms with Crippen LogP contribution in [0.4, 0.5) is 0 Å². The van der Waals surface area contributed by atoms with Crippen LogP contribution in [0.2, 0.25) is 5.15 Å². The zero-order valence-electron chi connectivity index (χ0n) is 15.6. The third-order valence-electron chi connectivity index (χ3n) is 4.18. The van der Waals surface area contributed by atoms with Crippen molar-refractivity contribution in [3.05, 3.63) is 70.5 Å². The van der Waals surface area contributed by atoms with Crippen LogP contribution in [0.25, 0.3) is 5.69 Å². The Balaban J connectivity index is 1.83. The first-order chi connectivity index (χ1) is 13.7. The number of carbonyl (C=O) groups is 1. The summed E-state index contributed by atoms with van der Waals surface area (Å²) in [6.45, 7) is 1.62. The zero-order valence-corrected chi connectivity index (χ0v) is 17.2. The van der Waals surface area contributed by atoms with Gasteiger partial charge in [-0.25, -0.2) is 23.0 Å². The Hall–Kier alpha value is -2.88. The summed E-state index contributed by atoms with van der Waals surface area (Å²) in [6.07, 6.45) is 0. The summed E-state index contributed by atoms with van der Waals surface area (Å²) in [5.74, 6) is -0.701. The molecule has 0 spiro atoms. The van der Waals surface area contributed by atoms with Crippen molar-refractivity contribution in [2.45, 2.75) is 18.4 Å². The van der Waals surface area contributed by atoms with E-state index in [-0.39, 0.29) is 22.8 Å². The third-order valence-corrected chi connectivity index (χ3v) is 5.50. The van der Waals surface area contributed by atoms with Crippen LogP contribution in [0.1, 0.15) is 21.6 Å². The predicted octanol–water partition coefficient (Wildman–Crippen LogP) is 2.85. The lowest BCUT2D eigenvalue weighted by Crippen LogP contribution is -2.15. The molecule has 3 rings (SSSR count). The summed E-state index contributed by atoms with van der Waals surface area (Å²) in [5.41, 5.74) is 1.93. The van der Waals surface area contributed by atoms with Gasteiger partial charge in [0.15, 0.2) is 0 Å². The SMILES string of the molecule is COc1ccc(C(=O)OCc2c(C)nn(-c3ccccc3)c2Cl)cc1S(N)(=O)=O. The standard InChI is InChI=1S/C19H18ClN3O5S/c1-12-15(18(20)23(22-12)14-6-4-3-5-7-14)11-28-19(24)13-8-9-16(27-2)17(10-13)29(21,25)26/h3-10H,11H2,1-2H3,(H2,21,25,26). The number of methoxy groups -OCH3 is 1. The number of hydrogen-bond donors (Lipinski definition) is 1. The van der Waals surface area contributed by atoms with Crippen molar-refractivity contribution < 1.29 is 22.7 Å². The van der Waals surface area contributed by atoms with Crippen molar-refractivity contribution in [2.75, 3.05) is 7.11 Å². The molecular weight excluding hydrogens is 418 g/mol. The number of rotatable bonds is 6. The fourth-order valence-corrected chi connectivity index (χ4v) is 3.73. The lowest BCUT2D eigenvalue weighted by Gasteiger charge is -2.09. The number of para-hydroxylation sites is 1. The van der Waals surface area contributed by atoms with Gasteiger partial charge in [-0.05, 0) is 37.3 Å². The highest BCUT2D eigenvalue weighted by Gasteiger charge is 2.20. The maximum absolute atomic E-state index is 12.4. The van der Waals surface area contributed by atoms with E-state index in [1.165, 1.54) is 19.2 Å². The third kappa shape index (κ3) is 4.42. The first-order valence-corrected chi connectivity index (χ1v) is 10.3. The summed E-state index contributed by atoms with van der Waals surface area (Å²) in [6, 6.07) is 13.1. The van der Waals surface area contributed by atoms with Crippen molar-refractivity contribution in [3.63, 3.8) is 0 Å². The highest BCUT2D eigenvalue weighted by molar-refractivity contribution is 7.89. The van der Waals surface area contributed by atoms with Crippen LogP contribution in [-0.2, 0) is 21.4 Å². The van der Waals surface area contributed by atoms with Gasteiger partial charge < -0.3 is 9.47 Å². The fraction of sp³-hybridized carbons (Fsp3) is 0.158. The second-order valence-corrected chi connectivity index (χ2v) is 7.98. The molecule has 152 valence electrons. The van der Waals surface area contributed by atoms with Crippen molar-refractivity contribution >= 4 is 27.6 Å². The van der Waals surface area contributed by atoms with Gasteiger partial charge in [-0.1, -0.05) is 29.8 Å². The second-order valence-electron chi connectivity index (χ2n) is 6.09. The van der Waals surface area contributed by atoms with Gasteiger partial charge in [-0.3, -0.25) is 0 Å². The van der Waals surface area contributed by atoms with Crippen molar-refractivity contribution in [1.82, 2.24) is 9.78 Å². The predicted molar refractivity (Wildman–Crippen MR) is 107 cm³/mol. The van der Waals surface area contributed by atoms with Crippen molar-refractivity contribution in [3.8, 4) is 11.4 Å². The molecule has 0 fully saturated rings. The molecule has 0 radical (unpaired) electrons. The van der Waals surface area contributed by atoms with Crippen LogP contribution < -0.4 is 9.88 Å². The van der Waals surface area contributed by atoms with Gasteiger partial charge in [0.1, 0.15) is 22.4 Å². The first-order valence-electron chi connectivity index (χ1n) is 8.39. The minimum Gasteiger partial charge on any atom is -0.495 e. The van der Waals surface area contributed by atoms with Crippen LogP contribution in [0.3, 0.4) is 0 Å². The number of halogens is 1. The van der Waals surface area contributed by atoms with Crippen LogP contribution in [0, 0.1) is 6.92 Å². The number of nitrogens with two attached hydrogens (primary N) is 1. The molecule has 0 amide bonds. The molecule has 0 atom stereocenters. The summed E-state index contributed by atoms with van der Waals surface area (Å²) in [5, 5.41) is 9.88. The summed E-state index contributed by atoms with van der Waals surface area (Å²) < 4.78 is 35.3. The van der Waals surface area contributed by atoms with E-state index in [2.05, 4.69) is 5.10 Å². The van der Waals surface area contributed by atoms with Gasteiger partial charge >= 0.3 is 5.97 Å². The van der Waals surface area contributed by atoms with Crippen LogP contribution >= 0.6 is 11.6 Å². The number of esters is 1. The molecule has 29 heavy (non-hydrogen) atoms. The lowest BCUT2D eigenvalue weighted by molar-refractivity contribution is 0.0472. The molecule has 3 aromatic rings. The Morgan fingerprint density at radius 2 is 1.90 bits per heavy atom. The zero-order chi connectivity index (χ0) is 21.2. The molecule has 8 nitrogen and oxygen atoms in total. The Labute approximate surface area is 172 Å². The smallest absolute Gasteiger partial charge is 0.338 e. The molecule has 0 saturated heterocycles. The molecule has 0 saturated carbocycles. The van der Waals surface area contributed by atoms with Crippen molar-refractivity contribution in [1.29, 1.82) is 0 Å². The number of aryl methyl sites for hydroxylation is 1. The highest BCUT2D eigenvalue weighted by Crippen LogP contribution is 2.26. The van der Waals surface area contributed by atoms with Gasteiger partial charge in [0.05, 0.1) is 24.1 Å². The summed E-state index contributed by atoms with van der Waals surface area (Å²) >= 11 is 6.42. The topological polar surface area (TPSA) is 114 Å². The van der Waals surface area contributed by atoms with Gasteiger partial charge in [-0.15, -0.1) is 0 Å². The number of sulfonamides is 1. The monoisotopic (exact) mass is 435 g/mol. The van der Waals surface area contributed by atoms with E-state index < -0.39 is 16.0 Å². The Bertz CT molecular complexity index is 1160. The number of primary sulfonamides is 1. The molecule has 1 heterocycles. The van der Waals surface area contributed by atoms with E-state index in [1.54, 1.807) is 11.6 Å². The minimum absolute atomic E-state index is 0.0130. The van der Waals surface area contributed by atoms with E-state index >= 15 is 0 Å². The van der Waals surface area contributed by atoms with E-state index in [4.69, 9.17) is 26.2 Å². The minimum atomic E-state index is -4.08. The maximum Gasteiger partial charge on any atom is 0.338 e. The molecular formula is C19H18ClN3O5S. The molecule has 1 aromatic heterocycles. The molecule has 0 unspecified atom stereocenters. The second kappa shape index (κ2) is 8.24. The molecule has 0 aliphatic rings. The number of hydrogen-bond acceptors (Lipinski definition) is 6. The largest absolute Gasteiger partial charge is 0.495 e. The van der Waals surface area contributed by atoms with E-state index in [1.807, 2.05) is 30.3 Å². The Morgan fingerprint density at radius 3 is 2.52 bits per heavy atom. The van der Waals surface area contributed by atoms with Gasteiger partial charge in [0.25, 0.3) is 0 Å². The fourth-order valence-electron chi connectivity index (χ4n) is 2.68. The number of nitrogens with zero attached hydrogens (tertiary/aromatic N) is 2. The Kier molecular flexibility index (Phi) is 5.92. The number of ether oxygens (including phenoxy) is 2. The highest BCUT2D eigenvalue weighted by atomic mass is 35.5. The average Bonchev–Trinajstić information content (AvgIpc) is 2.99. The average molecular weight is 436 g/mol. The van der Waals surface area contributed by atoms with Gasteiger partial charge in [0.2, 0.25) is 10.0 Å². The van der Waals surface area contributed by atoms with Crippen LogP contribution in [0.15, 0.2) is 53.4 Å². The van der Waals surface area contributed by atoms with E-state index in [9.17, 15) is 13.2 Å². The maximum atomic E-state index is 12.4. The van der Waals surface area contributed by atoms with Crippen molar-refractivity contribution in [2.24, 2.45) is 5.14 Å². The normalized spacial score (nSPS) is 11.3. The number of carbonyl (C=O) groups excluding carboxylic acids is 1. The van der Waals surface area contributed by atoms with E-state index in [0.29, 0.717) is 16.4 Å². The Morgan fingerprint density at radius 1 is 1.21 bits per heavy atom. The molecule has 2 N–H and O–H groups in total. The molecule has 2 aromatic carbocycles. The quantitative estimate of drug-likeness (QED) is 0.595.